The van der Waals surface area contributed by atoms with E-state index in [4.69, 9.17) is 5.11 Å². The predicted octanol–water partition coefficient (Wildman–Crippen LogP) is 1.24. The van der Waals surface area contributed by atoms with E-state index in [1.165, 1.54) is 32.1 Å². The summed E-state index contributed by atoms with van der Waals surface area (Å²) in [4.78, 5) is 4.83. The van der Waals surface area contributed by atoms with Gasteiger partial charge in [-0.05, 0) is 37.1 Å². The van der Waals surface area contributed by atoms with Gasteiger partial charge in [-0.1, -0.05) is 19.3 Å². The number of aromatic nitrogens is 4. The Morgan fingerprint density at radius 3 is 2.70 bits per heavy atom. The first kappa shape index (κ1) is 16.8. The lowest BCUT2D eigenvalue weighted by atomic mass is 9.95. The highest BCUT2D eigenvalue weighted by atomic mass is 16.3. The minimum atomic E-state index is 0.236. The van der Waals surface area contributed by atoms with Gasteiger partial charge in [0, 0.05) is 32.2 Å². The van der Waals surface area contributed by atoms with Crippen molar-refractivity contribution in [3.05, 3.63) is 5.82 Å². The van der Waals surface area contributed by atoms with Crippen LogP contribution in [0.25, 0.3) is 0 Å². The molecule has 7 heteroatoms. The van der Waals surface area contributed by atoms with Gasteiger partial charge in [0.2, 0.25) is 0 Å². The Balaban J connectivity index is 1.67. The van der Waals surface area contributed by atoms with Crippen LogP contribution in [0.2, 0.25) is 0 Å². The molecule has 1 N–H and O–H groups in total. The van der Waals surface area contributed by atoms with Crippen molar-refractivity contribution < 1.29 is 5.11 Å². The molecule has 2 atom stereocenters. The third kappa shape index (κ3) is 3.72. The average Bonchev–Trinajstić information content (AvgIpc) is 3.06. The van der Waals surface area contributed by atoms with Crippen molar-refractivity contribution in [3.8, 4) is 0 Å². The average molecular weight is 322 g/mol. The highest BCUT2D eigenvalue weighted by molar-refractivity contribution is 4.96. The van der Waals surface area contributed by atoms with Crippen LogP contribution in [0.4, 0.5) is 0 Å². The summed E-state index contributed by atoms with van der Waals surface area (Å²) >= 11 is 0. The van der Waals surface area contributed by atoms with Gasteiger partial charge >= 0.3 is 0 Å². The van der Waals surface area contributed by atoms with Gasteiger partial charge in [0.25, 0.3) is 0 Å². The lowest BCUT2D eigenvalue weighted by Crippen LogP contribution is -2.53. The molecule has 1 aliphatic heterocycles. The summed E-state index contributed by atoms with van der Waals surface area (Å²) in [6, 6.07) is 1.17. The molecule has 2 aliphatic rings. The molecule has 0 spiro atoms. The van der Waals surface area contributed by atoms with Crippen LogP contribution in [-0.2, 0) is 0 Å². The Bertz CT molecular complexity index is 487. The van der Waals surface area contributed by atoms with Crippen LogP contribution in [0.3, 0.4) is 0 Å². The van der Waals surface area contributed by atoms with Gasteiger partial charge in [-0.2, -0.15) is 0 Å². The van der Waals surface area contributed by atoms with Crippen LogP contribution in [0, 0.1) is 0 Å². The molecule has 0 bridgehead atoms. The first-order valence-corrected chi connectivity index (χ1v) is 9.07. The summed E-state index contributed by atoms with van der Waals surface area (Å²) in [6.07, 6.45) is 6.31. The molecule has 1 aromatic rings. The quantitative estimate of drug-likeness (QED) is 0.879. The number of aliphatic hydroxyl groups is 1. The molecule has 1 saturated carbocycles. The van der Waals surface area contributed by atoms with E-state index < -0.39 is 0 Å². The Labute approximate surface area is 138 Å². The van der Waals surface area contributed by atoms with E-state index in [0.29, 0.717) is 12.1 Å². The highest BCUT2D eigenvalue weighted by Crippen LogP contribution is 2.30. The molecule has 0 aromatic carbocycles. The Morgan fingerprint density at radius 2 is 2.00 bits per heavy atom. The molecule has 2 heterocycles. The second-order valence-corrected chi connectivity index (χ2v) is 7.05. The number of nitrogens with zero attached hydrogens (tertiary/aromatic N) is 6. The number of aliphatic hydroxyl groups excluding tert-OH is 1. The Hall–Kier alpha value is -1.05. The van der Waals surface area contributed by atoms with Crippen LogP contribution in [-0.4, -0.2) is 73.9 Å². The van der Waals surface area contributed by atoms with E-state index in [1.807, 2.05) is 0 Å². The summed E-state index contributed by atoms with van der Waals surface area (Å²) in [5.41, 5.74) is 0. The van der Waals surface area contributed by atoms with Crippen LogP contribution >= 0.6 is 0 Å². The van der Waals surface area contributed by atoms with Gasteiger partial charge in [0.05, 0.1) is 18.7 Å². The fraction of sp³-hybridized carbons (Fsp3) is 0.938. The molecule has 1 aromatic heterocycles. The van der Waals surface area contributed by atoms with Crippen LogP contribution in [0.1, 0.15) is 63.9 Å². The van der Waals surface area contributed by atoms with Gasteiger partial charge in [-0.3, -0.25) is 9.80 Å². The van der Waals surface area contributed by atoms with E-state index in [2.05, 4.69) is 43.9 Å². The number of β-amino-alcohol motifs (C(OH)–C–C–N with tert-alkyl or cyclic N) is 1. The van der Waals surface area contributed by atoms with E-state index in [0.717, 1.165) is 32.0 Å². The van der Waals surface area contributed by atoms with Gasteiger partial charge < -0.3 is 5.11 Å². The van der Waals surface area contributed by atoms with Crippen molar-refractivity contribution in [1.82, 2.24) is 30.0 Å². The molecule has 1 aliphatic carbocycles. The number of piperazine rings is 1. The minimum Gasteiger partial charge on any atom is -0.395 e. The maximum atomic E-state index is 9.16. The third-order valence-electron chi connectivity index (χ3n) is 5.54. The number of tetrazole rings is 1. The van der Waals surface area contributed by atoms with E-state index in [1.54, 1.807) is 0 Å². The van der Waals surface area contributed by atoms with Gasteiger partial charge in [-0.15, -0.1) is 5.10 Å². The molecule has 1 saturated heterocycles. The van der Waals surface area contributed by atoms with Crippen molar-refractivity contribution in [2.75, 3.05) is 32.8 Å². The second-order valence-electron chi connectivity index (χ2n) is 7.05. The summed E-state index contributed by atoms with van der Waals surface area (Å²) in [6.45, 7) is 8.46. The Morgan fingerprint density at radius 1 is 1.22 bits per heavy atom. The van der Waals surface area contributed by atoms with Crippen LogP contribution < -0.4 is 0 Å². The summed E-state index contributed by atoms with van der Waals surface area (Å²) in [5.74, 6) is 1.01. The zero-order valence-electron chi connectivity index (χ0n) is 14.4. The third-order valence-corrected chi connectivity index (χ3v) is 5.54. The molecule has 0 amide bonds. The van der Waals surface area contributed by atoms with E-state index in [9.17, 15) is 0 Å². The molecule has 3 rings (SSSR count). The topological polar surface area (TPSA) is 70.3 Å². The molecule has 130 valence electrons. The molecule has 0 radical (unpaired) electrons. The Kier molecular flexibility index (Phi) is 5.61. The lowest BCUT2D eigenvalue weighted by Gasteiger charge is -2.42. The molecule has 23 heavy (non-hydrogen) atoms. The fourth-order valence-electron chi connectivity index (χ4n) is 4.06. The number of rotatable bonds is 5. The molecule has 0 unspecified atom stereocenters. The maximum absolute atomic E-state index is 9.16. The maximum Gasteiger partial charge on any atom is 0.168 e. The van der Waals surface area contributed by atoms with Crippen molar-refractivity contribution >= 4 is 0 Å². The highest BCUT2D eigenvalue weighted by Gasteiger charge is 2.30. The van der Waals surface area contributed by atoms with Crippen molar-refractivity contribution in [2.24, 2.45) is 0 Å². The molecule has 7 nitrogen and oxygen atoms in total. The SMILES string of the molecule is C[C@H](c1nnnn1C1CCCCC1)N1CCN(CCO)[C@@H](C)C1. The zero-order valence-corrected chi connectivity index (χ0v) is 14.4. The number of hydrogen-bond acceptors (Lipinski definition) is 6. The van der Waals surface area contributed by atoms with Crippen molar-refractivity contribution in [2.45, 2.75) is 64.1 Å². The molecular formula is C16H30N6O. The van der Waals surface area contributed by atoms with Crippen molar-refractivity contribution in [1.29, 1.82) is 0 Å². The van der Waals surface area contributed by atoms with Gasteiger partial charge in [0.1, 0.15) is 0 Å². The standard InChI is InChI=1S/C16H30N6O/c1-13-12-21(9-8-20(13)10-11-23)14(2)16-17-18-19-22(16)15-6-4-3-5-7-15/h13-15,23H,3-12H2,1-2H3/t13-,14+/m0/s1. The minimum absolute atomic E-state index is 0.236. The predicted molar refractivity (Wildman–Crippen MR) is 88.0 cm³/mol. The normalized spacial score (nSPS) is 26.5. The summed E-state index contributed by atoms with van der Waals surface area (Å²) in [5, 5.41) is 21.8. The summed E-state index contributed by atoms with van der Waals surface area (Å²) in [7, 11) is 0. The first-order chi connectivity index (χ1) is 11.2. The number of hydrogen-bond donors (Lipinski definition) is 1. The zero-order chi connectivity index (χ0) is 16.2. The fourth-order valence-corrected chi connectivity index (χ4v) is 4.06. The molecular weight excluding hydrogens is 292 g/mol. The van der Waals surface area contributed by atoms with E-state index in [-0.39, 0.29) is 12.6 Å². The van der Waals surface area contributed by atoms with Crippen molar-refractivity contribution in [3.63, 3.8) is 0 Å². The molecule has 2 fully saturated rings. The smallest absolute Gasteiger partial charge is 0.168 e. The van der Waals surface area contributed by atoms with Crippen LogP contribution in [0.5, 0.6) is 0 Å². The monoisotopic (exact) mass is 322 g/mol. The van der Waals surface area contributed by atoms with Gasteiger partial charge in [0.15, 0.2) is 5.82 Å². The summed E-state index contributed by atoms with van der Waals surface area (Å²) < 4.78 is 2.09. The first-order valence-electron chi connectivity index (χ1n) is 9.07. The second kappa shape index (κ2) is 7.68. The largest absolute Gasteiger partial charge is 0.395 e. The van der Waals surface area contributed by atoms with E-state index >= 15 is 0 Å². The van der Waals surface area contributed by atoms with Crippen LogP contribution in [0.15, 0.2) is 0 Å². The lowest BCUT2D eigenvalue weighted by molar-refractivity contribution is 0.0448. The van der Waals surface area contributed by atoms with Gasteiger partial charge in [-0.25, -0.2) is 4.68 Å².